The van der Waals surface area contributed by atoms with Gasteiger partial charge >= 0.3 is 0 Å². The Morgan fingerprint density at radius 1 is 1.00 bits per heavy atom. The van der Waals surface area contributed by atoms with Crippen molar-refractivity contribution in [3.8, 4) is 0 Å². The van der Waals surface area contributed by atoms with Crippen LogP contribution in [0.5, 0.6) is 0 Å². The fourth-order valence-corrected chi connectivity index (χ4v) is 2.13. The first-order valence-corrected chi connectivity index (χ1v) is 5.90. The molecule has 0 aromatic carbocycles. The Labute approximate surface area is 95.3 Å². The SMILES string of the molecule is O=C1CCCN1CCOCN1CCCC1=O. The topological polar surface area (TPSA) is 49.9 Å². The van der Waals surface area contributed by atoms with Crippen molar-refractivity contribution < 1.29 is 14.3 Å². The third-order valence-electron chi connectivity index (χ3n) is 3.10. The standard InChI is InChI=1S/C11H18N2O3/c14-10-3-1-5-12(10)7-8-16-9-13-6-2-4-11(13)15/h1-9H2. The van der Waals surface area contributed by atoms with Crippen LogP contribution in [-0.2, 0) is 14.3 Å². The van der Waals surface area contributed by atoms with Gasteiger partial charge < -0.3 is 14.5 Å². The van der Waals surface area contributed by atoms with E-state index in [0.717, 1.165) is 25.9 Å². The van der Waals surface area contributed by atoms with E-state index in [9.17, 15) is 9.59 Å². The lowest BCUT2D eigenvalue weighted by Crippen LogP contribution is -2.32. The lowest BCUT2D eigenvalue weighted by molar-refractivity contribution is -0.134. The van der Waals surface area contributed by atoms with E-state index in [0.29, 0.717) is 32.7 Å². The van der Waals surface area contributed by atoms with Crippen LogP contribution in [0.25, 0.3) is 0 Å². The summed E-state index contributed by atoms with van der Waals surface area (Å²) < 4.78 is 5.41. The second kappa shape index (κ2) is 5.30. The Bertz CT molecular complexity index is 252. The third-order valence-corrected chi connectivity index (χ3v) is 3.10. The molecule has 0 bridgehead atoms. The molecule has 90 valence electrons. The zero-order valence-corrected chi connectivity index (χ0v) is 9.48. The van der Waals surface area contributed by atoms with E-state index in [1.54, 1.807) is 4.90 Å². The van der Waals surface area contributed by atoms with Gasteiger partial charge in [0, 0.05) is 32.5 Å². The van der Waals surface area contributed by atoms with Crippen molar-refractivity contribution in [3.05, 3.63) is 0 Å². The highest BCUT2D eigenvalue weighted by Gasteiger charge is 2.21. The van der Waals surface area contributed by atoms with Crippen LogP contribution in [0.2, 0.25) is 0 Å². The molecule has 16 heavy (non-hydrogen) atoms. The summed E-state index contributed by atoms with van der Waals surface area (Å²) in [5.74, 6) is 0.401. The smallest absolute Gasteiger partial charge is 0.224 e. The molecule has 5 heteroatoms. The maximum atomic E-state index is 11.3. The van der Waals surface area contributed by atoms with E-state index >= 15 is 0 Å². The van der Waals surface area contributed by atoms with Crippen LogP contribution >= 0.6 is 0 Å². The van der Waals surface area contributed by atoms with Gasteiger partial charge in [-0.2, -0.15) is 0 Å². The van der Waals surface area contributed by atoms with Gasteiger partial charge in [0.15, 0.2) is 0 Å². The van der Waals surface area contributed by atoms with Gasteiger partial charge in [0.1, 0.15) is 6.73 Å². The van der Waals surface area contributed by atoms with Crippen LogP contribution in [0.3, 0.4) is 0 Å². The second-order valence-electron chi connectivity index (χ2n) is 4.28. The minimum Gasteiger partial charge on any atom is -0.359 e. The summed E-state index contributed by atoms with van der Waals surface area (Å²) in [7, 11) is 0. The highest BCUT2D eigenvalue weighted by atomic mass is 16.5. The molecular formula is C11H18N2O3. The molecule has 2 heterocycles. The predicted molar refractivity (Wildman–Crippen MR) is 57.6 cm³/mol. The maximum absolute atomic E-state index is 11.3. The Morgan fingerprint density at radius 2 is 1.62 bits per heavy atom. The Kier molecular flexibility index (Phi) is 3.77. The zero-order valence-electron chi connectivity index (χ0n) is 9.48. The molecule has 2 saturated heterocycles. The summed E-state index contributed by atoms with van der Waals surface area (Å²) in [5, 5.41) is 0. The highest BCUT2D eigenvalue weighted by molar-refractivity contribution is 5.78. The average Bonchev–Trinajstić information content (AvgIpc) is 2.84. The van der Waals surface area contributed by atoms with Crippen molar-refractivity contribution >= 4 is 11.8 Å². The molecule has 0 radical (unpaired) electrons. The van der Waals surface area contributed by atoms with E-state index in [2.05, 4.69) is 0 Å². The number of hydrogen-bond acceptors (Lipinski definition) is 3. The Balaban J connectivity index is 1.58. The van der Waals surface area contributed by atoms with Gasteiger partial charge in [-0.05, 0) is 12.8 Å². The molecule has 0 unspecified atom stereocenters. The van der Waals surface area contributed by atoms with Gasteiger partial charge in [0.2, 0.25) is 11.8 Å². The first-order chi connectivity index (χ1) is 7.77. The summed E-state index contributed by atoms with van der Waals surface area (Å²) in [6.07, 6.45) is 3.22. The maximum Gasteiger partial charge on any atom is 0.224 e. The lowest BCUT2D eigenvalue weighted by Gasteiger charge is -2.18. The monoisotopic (exact) mass is 226 g/mol. The Morgan fingerprint density at radius 3 is 2.19 bits per heavy atom. The van der Waals surface area contributed by atoms with Crippen LogP contribution < -0.4 is 0 Å². The number of amides is 2. The number of hydrogen-bond donors (Lipinski definition) is 0. The van der Waals surface area contributed by atoms with Crippen LogP contribution in [0.4, 0.5) is 0 Å². The van der Waals surface area contributed by atoms with E-state index < -0.39 is 0 Å². The van der Waals surface area contributed by atoms with Gasteiger partial charge in [-0.3, -0.25) is 9.59 Å². The molecule has 2 amide bonds. The highest BCUT2D eigenvalue weighted by Crippen LogP contribution is 2.10. The number of rotatable bonds is 5. The molecule has 2 fully saturated rings. The molecule has 0 N–H and O–H groups in total. The van der Waals surface area contributed by atoms with Gasteiger partial charge in [-0.1, -0.05) is 0 Å². The summed E-state index contributed by atoms with van der Waals surface area (Å²) in [6.45, 7) is 3.21. The Hall–Kier alpha value is -1.10. The van der Waals surface area contributed by atoms with E-state index in [1.165, 1.54) is 0 Å². The predicted octanol–water partition coefficient (Wildman–Crippen LogP) is 0.205. The van der Waals surface area contributed by atoms with Crippen LogP contribution in [-0.4, -0.2) is 54.6 Å². The van der Waals surface area contributed by atoms with E-state index in [4.69, 9.17) is 4.74 Å². The molecule has 0 aromatic heterocycles. The molecule has 0 saturated carbocycles. The number of likely N-dealkylation sites (tertiary alicyclic amines) is 2. The second-order valence-corrected chi connectivity index (χ2v) is 4.28. The summed E-state index contributed by atoms with van der Waals surface area (Å²) in [5.41, 5.74) is 0. The largest absolute Gasteiger partial charge is 0.359 e. The van der Waals surface area contributed by atoms with Crippen LogP contribution in [0.15, 0.2) is 0 Å². The van der Waals surface area contributed by atoms with Crippen LogP contribution in [0.1, 0.15) is 25.7 Å². The summed E-state index contributed by atoms with van der Waals surface area (Å²) in [6, 6.07) is 0. The van der Waals surface area contributed by atoms with Crippen molar-refractivity contribution in [2.45, 2.75) is 25.7 Å². The average molecular weight is 226 g/mol. The molecule has 2 aliphatic rings. The molecule has 2 aliphatic heterocycles. The molecule has 2 rings (SSSR count). The lowest BCUT2D eigenvalue weighted by atomic mass is 10.4. The minimum atomic E-state index is 0.178. The molecule has 0 aliphatic carbocycles. The molecular weight excluding hydrogens is 208 g/mol. The van der Waals surface area contributed by atoms with Gasteiger partial charge in [-0.15, -0.1) is 0 Å². The normalized spacial score (nSPS) is 21.2. The number of ether oxygens (including phenoxy) is 1. The van der Waals surface area contributed by atoms with E-state index in [1.807, 2.05) is 4.90 Å². The summed E-state index contributed by atoms with van der Waals surface area (Å²) in [4.78, 5) is 26.1. The molecule has 0 atom stereocenters. The fraction of sp³-hybridized carbons (Fsp3) is 0.818. The van der Waals surface area contributed by atoms with Crippen molar-refractivity contribution in [1.29, 1.82) is 0 Å². The molecule has 0 spiro atoms. The van der Waals surface area contributed by atoms with E-state index in [-0.39, 0.29) is 11.8 Å². The number of carbonyl (C=O) groups is 2. The zero-order chi connectivity index (χ0) is 11.4. The first kappa shape index (κ1) is 11.4. The van der Waals surface area contributed by atoms with Gasteiger partial charge in [-0.25, -0.2) is 0 Å². The number of carbonyl (C=O) groups excluding carboxylic acids is 2. The quantitative estimate of drug-likeness (QED) is 0.629. The van der Waals surface area contributed by atoms with Crippen molar-refractivity contribution in [2.75, 3.05) is 33.0 Å². The molecule has 5 nitrogen and oxygen atoms in total. The third kappa shape index (κ3) is 2.72. The first-order valence-electron chi connectivity index (χ1n) is 5.90. The number of nitrogens with zero attached hydrogens (tertiary/aromatic N) is 2. The van der Waals surface area contributed by atoms with Gasteiger partial charge in [0.25, 0.3) is 0 Å². The van der Waals surface area contributed by atoms with Crippen molar-refractivity contribution in [3.63, 3.8) is 0 Å². The van der Waals surface area contributed by atoms with Crippen LogP contribution in [0, 0.1) is 0 Å². The minimum absolute atomic E-state index is 0.178. The van der Waals surface area contributed by atoms with Crippen molar-refractivity contribution in [1.82, 2.24) is 9.80 Å². The van der Waals surface area contributed by atoms with Crippen molar-refractivity contribution in [2.24, 2.45) is 0 Å². The summed E-state index contributed by atoms with van der Waals surface area (Å²) >= 11 is 0. The molecule has 0 aromatic rings. The fourth-order valence-electron chi connectivity index (χ4n) is 2.13. The van der Waals surface area contributed by atoms with Gasteiger partial charge in [0.05, 0.1) is 6.61 Å².